The third-order valence-corrected chi connectivity index (χ3v) is 9.58. The number of fused-ring (bicyclic) bond motifs is 1. The van der Waals surface area contributed by atoms with Gasteiger partial charge in [0.25, 0.3) is 0 Å². The Kier molecular flexibility index (Phi) is 7.35. The summed E-state index contributed by atoms with van der Waals surface area (Å²) in [7, 11) is -1.92. The minimum Gasteiger partial charge on any atom is -0.440 e. The highest BCUT2D eigenvalue weighted by molar-refractivity contribution is 7.94. The normalized spacial score (nSPS) is 12.2. The van der Waals surface area contributed by atoms with E-state index in [4.69, 9.17) is 8.75 Å². The zero-order valence-corrected chi connectivity index (χ0v) is 23.9. The van der Waals surface area contributed by atoms with Crippen LogP contribution in [0.4, 0.5) is 0 Å². The standard InChI is InChI=1S/C30H28N2O5S2/c1-19-32-28(20-11-13-25(14-12-20)38-37-35-4)29(36-19)23-9-6-8-21(16-23)26-18-24(30(2,3)39(5,33)34)17-22-10-7-15-31-27(22)26/h6-18H,1-5H3. The lowest BCUT2D eigenvalue weighted by atomic mass is 9.92. The predicted octanol–water partition coefficient (Wildman–Crippen LogP) is 7.40. The monoisotopic (exact) mass is 560 g/mol. The third-order valence-electron chi connectivity index (χ3n) is 6.82. The molecule has 0 radical (unpaired) electrons. The molecule has 0 spiro atoms. The van der Waals surface area contributed by atoms with E-state index in [2.05, 4.69) is 14.9 Å². The van der Waals surface area contributed by atoms with Crippen LogP contribution in [0.1, 0.15) is 25.3 Å². The number of aromatic nitrogens is 2. The van der Waals surface area contributed by atoms with Crippen LogP contribution in [-0.2, 0) is 23.8 Å². The summed E-state index contributed by atoms with van der Waals surface area (Å²) >= 11 is 1.13. The number of hydrogen-bond donors (Lipinski definition) is 0. The molecule has 2 aromatic heterocycles. The molecule has 7 nitrogen and oxygen atoms in total. The van der Waals surface area contributed by atoms with Crippen LogP contribution < -0.4 is 0 Å². The molecule has 0 atom stereocenters. The van der Waals surface area contributed by atoms with Crippen molar-refractivity contribution in [2.75, 3.05) is 13.4 Å². The number of rotatable bonds is 8. The smallest absolute Gasteiger partial charge is 0.192 e. The Balaban J connectivity index is 1.62. The zero-order valence-electron chi connectivity index (χ0n) is 22.3. The largest absolute Gasteiger partial charge is 0.440 e. The van der Waals surface area contributed by atoms with Crippen molar-refractivity contribution < 1.29 is 22.1 Å². The van der Waals surface area contributed by atoms with Crippen molar-refractivity contribution in [2.45, 2.75) is 30.4 Å². The highest BCUT2D eigenvalue weighted by atomic mass is 32.2. The molecule has 39 heavy (non-hydrogen) atoms. The maximum absolute atomic E-state index is 12.7. The second-order valence-electron chi connectivity index (χ2n) is 9.72. The van der Waals surface area contributed by atoms with E-state index >= 15 is 0 Å². The van der Waals surface area contributed by atoms with Gasteiger partial charge in [-0.15, -0.1) is 0 Å². The van der Waals surface area contributed by atoms with Gasteiger partial charge in [-0.2, -0.15) is 4.33 Å². The van der Waals surface area contributed by atoms with Crippen LogP contribution in [-0.4, -0.2) is 31.8 Å². The number of aryl methyl sites for hydroxylation is 1. The molecule has 0 aliphatic rings. The number of pyridine rings is 1. The molecule has 0 unspecified atom stereocenters. The fourth-order valence-corrected chi connectivity index (χ4v) is 5.30. The van der Waals surface area contributed by atoms with Crippen LogP contribution in [0.2, 0.25) is 0 Å². The molecule has 5 aromatic rings. The van der Waals surface area contributed by atoms with Crippen LogP contribution in [0, 0.1) is 6.92 Å². The minimum absolute atomic E-state index is 0.551. The Hall–Kier alpha value is -3.50. The average molecular weight is 561 g/mol. The van der Waals surface area contributed by atoms with Gasteiger partial charge in [-0.25, -0.2) is 18.3 Å². The fourth-order valence-electron chi connectivity index (χ4n) is 4.36. The first kappa shape index (κ1) is 27.1. The van der Waals surface area contributed by atoms with Crippen molar-refractivity contribution in [3.63, 3.8) is 0 Å². The first-order valence-electron chi connectivity index (χ1n) is 12.2. The molecule has 2 heterocycles. The molecule has 5 rings (SSSR count). The maximum atomic E-state index is 12.7. The van der Waals surface area contributed by atoms with Crippen LogP contribution in [0.3, 0.4) is 0 Å². The number of sulfone groups is 1. The van der Waals surface area contributed by atoms with E-state index in [1.165, 1.54) is 13.4 Å². The van der Waals surface area contributed by atoms with Crippen molar-refractivity contribution in [2.24, 2.45) is 0 Å². The summed E-state index contributed by atoms with van der Waals surface area (Å²) in [5.74, 6) is 1.20. The van der Waals surface area contributed by atoms with Gasteiger partial charge in [0, 0.05) is 46.3 Å². The van der Waals surface area contributed by atoms with Crippen molar-refractivity contribution in [1.82, 2.24) is 9.97 Å². The molecule has 0 aliphatic heterocycles. The summed E-state index contributed by atoms with van der Waals surface area (Å²) < 4.78 is 35.3. The summed E-state index contributed by atoms with van der Waals surface area (Å²) in [6, 6.07) is 23.4. The van der Waals surface area contributed by atoms with Crippen LogP contribution >= 0.6 is 12.0 Å². The first-order valence-corrected chi connectivity index (χ1v) is 14.9. The summed E-state index contributed by atoms with van der Waals surface area (Å²) in [6.45, 7) is 5.28. The van der Waals surface area contributed by atoms with E-state index in [0.29, 0.717) is 17.2 Å². The van der Waals surface area contributed by atoms with Crippen LogP contribution in [0.25, 0.3) is 44.6 Å². The Labute approximate surface area is 232 Å². The van der Waals surface area contributed by atoms with Gasteiger partial charge in [0.05, 0.1) is 29.4 Å². The molecule has 0 saturated heterocycles. The van der Waals surface area contributed by atoms with Gasteiger partial charge in [0.15, 0.2) is 21.5 Å². The summed E-state index contributed by atoms with van der Waals surface area (Å²) in [4.78, 5) is 14.9. The van der Waals surface area contributed by atoms with Crippen molar-refractivity contribution in [3.05, 3.63) is 90.4 Å². The van der Waals surface area contributed by atoms with E-state index in [-0.39, 0.29) is 0 Å². The molecular weight excluding hydrogens is 532 g/mol. The number of nitrogens with zero attached hydrogens (tertiary/aromatic N) is 2. The summed E-state index contributed by atoms with van der Waals surface area (Å²) in [6.07, 6.45) is 3.01. The topological polar surface area (TPSA) is 91.5 Å². The molecule has 9 heteroatoms. The molecule has 3 aromatic carbocycles. The van der Waals surface area contributed by atoms with Gasteiger partial charge in [-0.05, 0) is 61.4 Å². The van der Waals surface area contributed by atoms with Crippen molar-refractivity contribution in [3.8, 4) is 33.7 Å². The second-order valence-corrected chi connectivity index (χ2v) is 13.1. The van der Waals surface area contributed by atoms with E-state index in [0.717, 1.165) is 55.8 Å². The Morgan fingerprint density at radius 3 is 2.38 bits per heavy atom. The quantitative estimate of drug-likeness (QED) is 0.110. The third kappa shape index (κ3) is 5.35. The SMILES string of the molecule is COOSc1ccc(-c2nc(C)oc2-c2cccc(-c3cc(C(C)(C)S(C)(=O)=O)cc4cccnc34)c2)cc1. The molecule has 0 saturated carbocycles. The van der Waals surface area contributed by atoms with Gasteiger partial charge in [0.1, 0.15) is 5.69 Å². The molecular formula is C30H28N2O5S2. The highest BCUT2D eigenvalue weighted by Crippen LogP contribution is 2.39. The van der Waals surface area contributed by atoms with E-state index in [9.17, 15) is 8.42 Å². The molecule has 200 valence electrons. The van der Waals surface area contributed by atoms with Crippen molar-refractivity contribution >= 4 is 32.8 Å². The minimum atomic E-state index is -3.38. The lowest BCUT2D eigenvalue weighted by molar-refractivity contribution is -0.160. The molecule has 0 N–H and O–H groups in total. The Morgan fingerprint density at radius 2 is 1.67 bits per heavy atom. The lowest BCUT2D eigenvalue weighted by Gasteiger charge is -2.24. The molecule has 0 amide bonds. The number of hydrogen-bond acceptors (Lipinski definition) is 8. The molecule has 0 fully saturated rings. The predicted molar refractivity (Wildman–Crippen MR) is 155 cm³/mol. The van der Waals surface area contributed by atoms with E-state index in [1.807, 2.05) is 79.7 Å². The van der Waals surface area contributed by atoms with Crippen LogP contribution in [0.5, 0.6) is 0 Å². The second kappa shape index (κ2) is 10.6. The van der Waals surface area contributed by atoms with E-state index in [1.54, 1.807) is 20.0 Å². The summed E-state index contributed by atoms with van der Waals surface area (Å²) in [5.41, 5.74) is 5.72. The van der Waals surface area contributed by atoms with Gasteiger partial charge < -0.3 is 4.42 Å². The number of benzene rings is 3. The highest BCUT2D eigenvalue weighted by Gasteiger charge is 2.33. The molecule has 0 aliphatic carbocycles. The van der Waals surface area contributed by atoms with Gasteiger partial charge in [-0.3, -0.25) is 4.98 Å². The fraction of sp³-hybridized carbons (Fsp3) is 0.200. The maximum Gasteiger partial charge on any atom is 0.192 e. The summed E-state index contributed by atoms with van der Waals surface area (Å²) in [5, 5.41) is 0.874. The lowest BCUT2D eigenvalue weighted by Crippen LogP contribution is -2.28. The zero-order chi connectivity index (χ0) is 27.8. The Bertz CT molecular complexity index is 1760. The van der Waals surface area contributed by atoms with Crippen LogP contribution in [0.15, 0.2) is 88.3 Å². The van der Waals surface area contributed by atoms with Gasteiger partial charge in [-0.1, -0.05) is 36.4 Å². The van der Waals surface area contributed by atoms with Crippen molar-refractivity contribution in [1.29, 1.82) is 0 Å². The number of oxazole rings is 1. The average Bonchev–Trinajstić information content (AvgIpc) is 3.32. The Morgan fingerprint density at radius 1 is 0.923 bits per heavy atom. The van der Waals surface area contributed by atoms with Gasteiger partial charge >= 0.3 is 0 Å². The van der Waals surface area contributed by atoms with Gasteiger partial charge in [0.2, 0.25) is 0 Å². The first-order chi connectivity index (χ1) is 18.6. The molecule has 0 bridgehead atoms. The van der Waals surface area contributed by atoms with E-state index < -0.39 is 14.6 Å².